The monoisotopic (exact) mass is 353 g/mol. The summed E-state index contributed by atoms with van der Waals surface area (Å²) >= 11 is 8.54. The van der Waals surface area contributed by atoms with E-state index >= 15 is 0 Å². The van der Waals surface area contributed by atoms with Gasteiger partial charge in [-0.3, -0.25) is 4.57 Å². The predicted molar refractivity (Wildman–Crippen MR) is 87.5 cm³/mol. The van der Waals surface area contributed by atoms with Gasteiger partial charge in [-0.1, -0.05) is 58.2 Å². The first-order valence-corrected chi connectivity index (χ1v) is 8.66. The summed E-state index contributed by atoms with van der Waals surface area (Å²) < 4.78 is 5.99. The smallest absolute Gasteiger partial charge is 0.270 e. The molecule has 0 aliphatic heterocycles. The SMILES string of the molecule is O=c1[nH]nc(SCc2nnsc2Cl)n1CCc1ccccc1. The molecule has 0 fully saturated rings. The molecule has 0 saturated carbocycles. The van der Waals surface area contributed by atoms with Gasteiger partial charge in [-0.15, -0.1) is 10.2 Å². The number of H-pyrrole nitrogens is 1. The molecule has 0 aliphatic rings. The second-order valence-corrected chi connectivity index (χ2v) is 6.78. The molecule has 0 bridgehead atoms. The number of aromatic nitrogens is 5. The Hall–Kier alpha value is -1.64. The van der Waals surface area contributed by atoms with E-state index in [9.17, 15) is 4.79 Å². The number of hydrogen-bond acceptors (Lipinski definition) is 6. The summed E-state index contributed by atoms with van der Waals surface area (Å²) in [5.74, 6) is 0.533. The van der Waals surface area contributed by atoms with Gasteiger partial charge in [0.05, 0.1) is 0 Å². The van der Waals surface area contributed by atoms with Crippen molar-refractivity contribution in [3.05, 3.63) is 56.4 Å². The van der Waals surface area contributed by atoms with Gasteiger partial charge in [0.15, 0.2) is 5.16 Å². The first kappa shape index (κ1) is 15.3. The average molecular weight is 354 g/mol. The quantitative estimate of drug-likeness (QED) is 0.689. The third-order valence-corrected chi connectivity index (χ3v) is 5.01. The van der Waals surface area contributed by atoms with Crippen LogP contribution in [0.25, 0.3) is 0 Å². The van der Waals surface area contributed by atoms with Crippen LogP contribution >= 0.6 is 34.9 Å². The molecular formula is C13H12ClN5OS2. The van der Waals surface area contributed by atoms with Gasteiger partial charge < -0.3 is 0 Å². The minimum Gasteiger partial charge on any atom is -0.270 e. The van der Waals surface area contributed by atoms with E-state index in [1.54, 1.807) is 4.57 Å². The fraction of sp³-hybridized carbons (Fsp3) is 0.231. The van der Waals surface area contributed by atoms with Crippen molar-refractivity contribution in [3.8, 4) is 0 Å². The summed E-state index contributed by atoms with van der Waals surface area (Å²) in [5.41, 5.74) is 1.68. The molecule has 0 spiro atoms. The zero-order chi connectivity index (χ0) is 15.4. The first-order valence-electron chi connectivity index (χ1n) is 6.52. The minimum absolute atomic E-state index is 0.207. The standard InChI is InChI=1S/C13H12ClN5OS2/c14-11-10(15-18-22-11)8-21-13-17-16-12(20)19(13)7-6-9-4-2-1-3-5-9/h1-5H,6-8H2,(H,16,20). The third-order valence-electron chi connectivity index (χ3n) is 3.04. The Balaban J connectivity index is 1.68. The second-order valence-electron chi connectivity index (χ2n) is 4.48. The lowest BCUT2D eigenvalue weighted by Crippen LogP contribution is -2.18. The zero-order valence-corrected chi connectivity index (χ0v) is 13.8. The number of nitrogens with one attached hydrogen (secondary N) is 1. The van der Waals surface area contributed by atoms with Crippen molar-refractivity contribution >= 4 is 34.9 Å². The molecule has 9 heteroatoms. The lowest BCUT2D eigenvalue weighted by Gasteiger charge is -2.05. The molecule has 6 nitrogen and oxygen atoms in total. The Morgan fingerprint density at radius 2 is 2.14 bits per heavy atom. The van der Waals surface area contributed by atoms with Crippen LogP contribution in [0.4, 0.5) is 0 Å². The molecule has 1 N–H and O–H groups in total. The van der Waals surface area contributed by atoms with E-state index in [0.29, 0.717) is 27.5 Å². The molecule has 0 radical (unpaired) electrons. The Kier molecular flexibility index (Phi) is 4.91. The van der Waals surface area contributed by atoms with Gasteiger partial charge in [0.2, 0.25) is 0 Å². The summed E-state index contributed by atoms with van der Waals surface area (Å²) in [5, 5.41) is 11.1. The van der Waals surface area contributed by atoms with Crippen LogP contribution < -0.4 is 5.69 Å². The van der Waals surface area contributed by atoms with Crippen molar-refractivity contribution in [1.82, 2.24) is 24.4 Å². The van der Waals surface area contributed by atoms with Gasteiger partial charge in [-0.05, 0) is 12.0 Å². The highest BCUT2D eigenvalue weighted by atomic mass is 35.5. The average Bonchev–Trinajstić information content (AvgIpc) is 3.10. The van der Waals surface area contributed by atoms with E-state index in [0.717, 1.165) is 18.0 Å². The van der Waals surface area contributed by atoms with Gasteiger partial charge in [0.1, 0.15) is 10.0 Å². The lowest BCUT2D eigenvalue weighted by molar-refractivity contribution is 0.616. The van der Waals surface area contributed by atoms with Gasteiger partial charge in [0, 0.05) is 23.8 Å². The predicted octanol–water partition coefficient (Wildman–Crippen LogP) is 2.61. The number of hydrogen-bond donors (Lipinski definition) is 1. The number of rotatable bonds is 6. The summed E-state index contributed by atoms with van der Waals surface area (Å²) in [6.45, 7) is 0.574. The number of halogens is 1. The Morgan fingerprint density at radius 1 is 1.32 bits per heavy atom. The normalized spacial score (nSPS) is 11.0. The Bertz CT molecular complexity index is 798. The molecule has 0 saturated heterocycles. The van der Waals surface area contributed by atoms with Crippen LogP contribution in [0.1, 0.15) is 11.3 Å². The van der Waals surface area contributed by atoms with E-state index in [1.165, 1.54) is 17.3 Å². The summed E-state index contributed by atoms with van der Waals surface area (Å²) in [6, 6.07) is 10.0. The maximum Gasteiger partial charge on any atom is 0.343 e. The number of aromatic amines is 1. The van der Waals surface area contributed by atoms with Gasteiger partial charge in [0.25, 0.3) is 0 Å². The van der Waals surface area contributed by atoms with E-state index in [1.807, 2.05) is 30.3 Å². The van der Waals surface area contributed by atoms with Crippen molar-refractivity contribution in [2.24, 2.45) is 0 Å². The highest BCUT2D eigenvalue weighted by molar-refractivity contribution is 7.98. The van der Waals surface area contributed by atoms with Crippen molar-refractivity contribution in [2.45, 2.75) is 23.9 Å². The third kappa shape index (κ3) is 3.57. The van der Waals surface area contributed by atoms with Crippen molar-refractivity contribution in [3.63, 3.8) is 0 Å². The van der Waals surface area contributed by atoms with E-state index < -0.39 is 0 Å². The van der Waals surface area contributed by atoms with Crippen LogP contribution in [0.5, 0.6) is 0 Å². The molecule has 0 aliphatic carbocycles. The van der Waals surface area contributed by atoms with Crippen LogP contribution in [0.2, 0.25) is 4.34 Å². The van der Waals surface area contributed by atoms with Crippen LogP contribution in [0.3, 0.4) is 0 Å². The summed E-state index contributed by atoms with van der Waals surface area (Å²) in [7, 11) is 0. The number of aryl methyl sites for hydroxylation is 1. The van der Waals surface area contributed by atoms with E-state index in [-0.39, 0.29) is 5.69 Å². The fourth-order valence-corrected chi connectivity index (χ4v) is 3.62. The van der Waals surface area contributed by atoms with E-state index in [4.69, 9.17) is 11.6 Å². The molecular weight excluding hydrogens is 342 g/mol. The molecule has 1 aromatic carbocycles. The molecule has 3 aromatic rings. The van der Waals surface area contributed by atoms with Crippen LogP contribution in [-0.4, -0.2) is 24.4 Å². The molecule has 3 rings (SSSR count). The number of thioether (sulfide) groups is 1. The van der Waals surface area contributed by atoms with Crippen molar-refractivity contribution < 1.29 is 0 Å². The Morgan fingerprint density at radius 3 is 2.86 bits per heavy atom. The first-order chi connectivity index (χ1) is 10.7. The van der Waals surface area contributed by atoms with Gasteiger partial charge >= 0.3 is 5.69 Å². The molecule has 0 unspecified atom stereocenters. The lowest BCUT2D eigenvalue weighted by atomic mass is 10.1. The largest absolute Gasteiger partial charge is 0.343 e. The molecule has 2 heterocycles. The maximum atomic E-state index is 11.9. The summed E-state index contributed by atoms with van der Waals surface area (Å²) in [6.07, 6.45) is 0.771. The second kappa shape index (κ2) is 7.08. The van der Waals surface area contributed by atoms with Crippen LogP contribution in [-0.2, 0) is 18.7 Å². The number of nitrogens with zero attached hydrogens (tertiary/aromatic N) is 4. The zero-order valence-electron chi connectivity index (χ0n) is 11.4. The van der Waals surface area contributed by atoms with Gasteiger partial charge in [-0.25, -0.2) is 9.89 Å². The molecule has 0 atom stereocenters. The highest BCUT2D eigenvalue weighted by Crippen LogP contribution is 2.25. The topological polar surface area (TPSA) is 76.5 Å². The number of benzene rings is 1. The summed E-state index contributed by atoms with van der Waals surface area (Å²) in [4.78, 5) is 11.9. The van der Waals surface area contributed by atoms with Crippen molar-refractivity contribution in [1.29, 1.82) is 0 Å². The fourth-order valence-electron chi connectivity index (χ4n) is 1.91. The van der Waals surface area contributed by atoms with Crippen molar-refractivity contribution in [2.75, 3.05) is 0 Å². The molecule has 2 aromatic heterocycles. The highest BCUT2D eigenvalue weighted by Gasteiger charge is 2.12. The minimum atomic E-state index is -0.207. The molecule has 0 amide bonds. The molecule has 22 heavy (non-hydrogen) atoms. The van der Waals surface area contributed by atoms with E-state index in [2.05, 4.69) is 19.8 Å². The van der Waals surface area contributed by atoms with Crippen LogP contribution in [0, 0.1) is 0 Å². The molecule has 114 valence electrons. The maximum absolute atomic E-state index is 11.9. The Labute approximate surface area is 139 Å². The van der Waals surface area contributed by atoms with Crippen LogP contribution in [0.15, 0.2) is 40.3 Å². The van der Waals surface area contributed by atoms with Gasteiger partial charge in [-0.2, -0.15) is 0 Å².